The molecule has 2 aromatic heterocycles. The molecule has 2 N–H and O–H groups in total. The van der Waals surface area contributed by atoms with Crippen molar-refractivity contribution in [3.63, 3.8) is 0 Å². The number of thiophene rings is 1. The molecule has 0 spiro atoms. The van der Waals surface area contributed by atoms with Gasteiger partial charge in [-0.25, -0.2) is 9.78 Å². The first-order chi connectivity index (χ1) is 17.5. The van der Waals surface area contributed by atoms with Gasteiger partial charge in [0, 0.05) is 31.2 Å². The number of hydrogen-bond acceptors (Lipinski definition) is 6. The third kappa shape index (κ3) is 3.82. The maximum Gasteiger partial charge on any atom is 0.331 e. The van der Waals surface area contributed by atoms with Crippen molar-refractivity contribution in [1.82, 2.24) is 15.2 Å². The van der Waals surface area contributed by atoms with Crippen molar-refractivity contribution in [2.24, 2.45) is 0 Å². The van der Waals surface area contributed by atoms with Gasteiger partial charge in [-0.15, -0.1) is 11.3 Å². The Kier molecular flexibility index (Phi) is 5.69. The Bertz CT molecular complexity index is 1400. The molecule has 0 aliphatic carbocycles. The Morgan fingerprint density at radius 1 is 1.28 bits per heavy atom. The zero-order valence-electron chi connectivity index (χ0n) is 19.5. The van der Waals surface area contributed by atoms with Gasteiger partial charge >= 0.3 is 6.03 Å². The van der Waals surface area contributed by atoms with Crippen LogP contribution in [-0.2, 0) is 9.53 Å². The highest BCUT2D eigenvalue weighted by atomic mass is 32.1. The van der Waals surface area contributed by atoms with Crippen molar-refractivity contribution in [2.75, 3.05) is 36.5 Å². The molecule has 3 aliphatic heterocycles. The van der Waals surface area contributed by atoms with Crippen LogP contribution in [0.3, 0.4) is 0 Å². The summed E-state index contributed by atoms with van der Waals surface area (Å²) < 4.78 is 5.33. The Morgan fingerprint density at radius 3 is 2.92 bits per heavy atom. The zero-order valence-corrected chi connectivity index (χ0v) is 20.3. The van der Waals surface area contributed by atoms with E-state index < -0.39 is 0 Å². The van der Waals surface area contributed by atoms with Crippen molar-refractivity contribution in [2.45, 2.75) is 24.8 Å². The normalized spacial score (nSPS) is 19.6. The average molecular weight is 504 g/mol. The number of carbonyl (C=O) groups excluding carboxylic acids is 3. The third-order valence-corrected chi connectivity index (χ3v) is 8.03. The highest BCUT2D eigenvalue weighted by Crippen LogP contribution is 2.46. The fourth-order valence-electron chi connectivity index (χ4n) is 5.02. The van der Waals surface area contributed by atoms with Crippen LogP contribution in [0.1, 0.15) is 34.0 Å². The van der Waals surface area contributed by atoms with E-state index in [1.165, 1.54) is 17.4 Å². The van der Waals surface area contributed by atoms with E-state index in [9.17, 15) is 14.4 Å². The standard InChI is InChI=1S/C26H25N5O4S/c1-2-20(32)30-10-4-6-17(12-30)28-24(33)23-22-21-19(8-9-27-25(21)36-23)31(26(34)29-22)18-7-3-5-15(11-18)16-13-35-14-16/h2-3,5,7-9,11,16-17H,1,4,6,10,12-14H2,(H,28,33)(H,29,34)/t17-/m1/s1. The van der Waals surface area contributed by atoms with Crippen LogP contribution in [0.4, 0.5) is 21.9 Å². The van der Waals surface area contributed by atoms with Crippen LogP contribution in [0, 0.1) is 0 Å². The molecule has 1 aromatic carbocycles. The number of amides is 4. The molecule has 184 valence electrons. The molecule has 5 heterocycles. The van der Waals surface area contributed by atoms with Gasteiger partial charge in [0.25, 0.3) is 5.91 Å². The summed E-state index contributed by atoms with van der Waals surface area (Å²) in [7, 11) is 0. The lowest BCUT2D eigenvalue weighted by Gasteiger charge is -2.32. The number of aromatic nitrogens is 1. The summed E-state index contributed by atoms with van der Waals surface area (Å²) in [6, 6.07) is 9.22. The van der Waals surface area contributed by atoms with Crippen molar-refractivity contribution < 1.29 is 19.1 Å². The quantitative estimate of drug-likeness (QED) is 0.512. The van der Waals surface area contributed by atoms with E-state index in [1.54, 1.807) is 22.1 Å². The van der Waals surface area contributed by atoms with Gasteiger partial charge in [0.2, 0.25) is 5.91 Å². The molecule has 36 heavy (non-hydrogen) atoms. The summed E-state index contributed by atoms with van der Waals surface area (Å²) in [6.45, 7) is 6.01. The number of urea groups is 1. The lowest BCUT2D eigenvalue weighted by atomic mass is 9.97. The second kappa shape index (κ2) is 9.03. The van der Waals surface area contributed by atoms with E-state index in [0.29, 0.717) is 53.3 Å². The topological polar surface area (TPSA) is 104 Å². The number of carbonyl (C=O) groups is 3. The highest BCUT2D eigenvalue weighted by Gasteiger charge is 2.34. The Hall–Kier alpha value is -3.76. The summed E-state index contributed by atoms with van der Waals surface area (Å²) >= 11 is 1.25. The van der Waals surface area contributed by atoms with Gasteiger partial charge in [-0.3, -0.25) is 14.5 Å². The SMILES string of the molecule is C=CC(=O)N1CCC[C@@H](NC(=O)c2sc3nccc4c3c2NC(=O)N4c2cccc(C3COC3)c2)C1. The number of anilines is 3. The molecule has 0 radical (unpaired) electrons. The Balaban J connectivity index is 1.32. The maximum atomic E-state index is 13.4. The van der Waals surface area contributed by atoms with Gasteiger partial charge in [-0.1, -0.05) is 18.7 Å². The van der Waals surface area contributed by atoms with E-state index in [-0.39, 0.29) is 23.9 Å². The number of hydrogen-bond donors (Lipinski definition) is 2. The molecule has 4 amide bonds. The van der Waals surface area contributed by atoms with Crippen molar-refractivity contribution in [1.29, 1.82) is 0 Å². The molecular formula is C26H25N5O4S. The first kappa shape index (κ1) is 22.7. The number of likely N-dealkylation sites (tertiary alicyclic amines) is 1. The van der Waals surface area contributed by atoms with E-state index >= 15 is 0 Å². The van der Waals surface area contributed by atoms with Crippen LogP contribution >= 0.6 is 11.3 Å². The first-order valence-corrected chi connectivity index (χ1v) is 12.8. The fourth-order valence-corrected chi connectivity index (χ4v) is 6.04. The van der Waals surface area contributed by atoms with Crippen LogP contribution in [0.2, 0.25) is 0 Å². The summed E-state index contributed by atoms with van der Waals surface area (Å²) in [5.74, 6) is -0.0849. The summed E-state index contributed by atoms with van der Waals surface area (Å²) in [4.78, 5) is 47.6. The van der Waals surface area contributed by atoms with E-state index in [2.05, 4.69) is 22.2 Å². The van der Waals surface area contributed by atoms with Crippen LogP contribution < -0.4 is 15.5 Å². The number of nitrogens with one attached hydrogen (secondary N) is 2. The predicted molar refractivity (Wildman–Crippen MR) is 138 cm³/mol. The smallest absolute Gasteiger partial charge is 0.331 e. The van der Waals surface area contributed by atoms with Crippen molar-refractivity contribution >= 4 is 56.5 Å². The molecule has 2 fully saturated rings. The number of benzene rings is 1. The maximum absolute atomic E-state index is 13.4. The van der Waals surface area contributed by atoms with Crippen LogP contribution in [0.25, 0.3) is 10.2 Å². The highest BCUT2D eigenvalue weighted by molar-refractivity contribution is 7.21. The second-order valence-corrected chi connectivity index (χ2v) is 10.2. The zero-order chi connectivity index (χ0) is 24.8. The van der Waals surface area contributed by atoms with Crippen LogP contribution in [0.15, 0.2) is 49.2 Å². The minimum atomic E-state index is -0.329. The molecule has 0 unspecified atom stereocenters. The Labute approximate surface area is 211 Å². The van der Waals surface area contributed by atoms with Crippen molar-refractivity contribution in [3.05, 3.63) is 59.6 Å². The number of rotatable bonds is 5. The Morgan fingerprint density at radius 2 is 2.14 bits per heavy atom. The molecule has 6 rings (SSSR count). The average Bonchev–Trinajstić information content (AvgIpc) is 3.22. The fraction of sp³-hybridized carbons (Fsp3) is 0.308. The monoisotopic (exact) mass is 503 g/mol. The van der Waals surface area contributed by atoms with Gasteiger partial charge in [-0.2, -0.15) is 0 Å². The molecule has 0 saturated carbocycles. The minimum Gasteiger partial charge on any atom is -0.380 e. The van der Waals surface area contributed by atoms with E-state index in [0.717, 1.165) is 29.5 Å². The summed E-state index contributed by atoms with van der Waals surface area (Å²) in [6.07, 6.45) is 4.53. The number of ether oxygens (including phenoxy) is 1. The molecule has 2 saturated heterocycles. The van der Waals surface area contributed by atoms with Crippen LogP contribution in [-0.4, -0.2) is 60.1 Å². The lowest BCUT2D eigenvalue weighted by Crippen LogP contribution is -2.49. The van der Waals surface area contributed by atoms with E-state index in [4.69, 9.17) is 4.74 Å². The number of piperidine rings is 1. The van der Waals surface area contributed by atoms with Gasteiger partial charge < -0.3 is 20.3 Å². The van der Waals surface area contributed by atoms with E-state index in [1.807, 2.05) is 24.3 Å². The summed E-state index contributed by atoms with van der Waals surface area (Å²) in [5.41, 5.74) is 3.05. The van der Waals surface area contributed by atoms with Crippen molar-refractivity contribution in [3.8, 4) is 0 Å². The molecule has 9 nitrogen and oxygen atoms in total. The van der Waals surface area contributed by atoms with Gasteiger partial charge in [-0.05, 0) is 42.7 Å². The minimum absolute atomic E-state index is 0.138. The molecule has 3 aromatic rings. The molecule has 0 bridgehead atoms. The van der Waals surface area contributed by atoms with Gasteiger partial charge in [0.15, 0.2) is 0 Å². The number of pyridine rings is 1. The molecular weight excluding hydrogens is 478 g/mol. The summed E-state index contributed by atoms with van der Waals surface area (Å²) in [5, 5.41) is 6.75. The van der Waals surface area contributed by atoms with Gasteiger partial charge in [0.1, 0.15) is 9.71 Å². The number of nitrogens with zero attached hydrogens (tertiary/aromatic N) is 3. The first-order valence-electron chi connectivity index (χ1n) is 12.0. The van der Waals surface area contributed by atoms with Gasteiger partial charge in [0.05, 0.1) is 35.7 Å². The van der Waals surface area contributed by atoms with Crippen LogP contribution in [0.5, 0.6) is 0 Å². The second-order valence-electron chi connectivity index (χ2n) is 9.21. The largest absolute Gasteiger partial charge is 0.380 e. The molecule has 3 aliphatic rings. The predicted octanol–water partition coefficient (Wildman–Crippen LogP) is 4.00. The lowest BCUT2D eigenvalue weighted by molar-refractivity contribution is -0.127. The molecule has 10 heteroatoms. The third-order valence-electron chi connectivity index (χ3n) is 6.93. The molecule has 1 atom stereocenters.